The summed E-state index contributed by atoms with van der Waals surface area (Å²) in [5.74, 6) is 0.0463. The molecule has 104 valence electrons. The van der Waals surface area contributed by atoms with Crippen LogP contribution >= 0.6 is 0 Å². The van der Waals surface area contributed by atoms with Crippen LogP contribution in [0.2, 0.25) is 0 Å². The number of anilines is 1. The minimum Gasteiger partial charge on any atom is -0.326 e. The van der Waals surface area contributed by atoms with Gasteiger partial charge in [0.05, 0.1) is 6.42 Å². The van der Waals surface area contributed by atoms with Gasteiger partial charge in [-0.25, -0.2) is 4.57 Å². The van der Waals surface area contributed by atoms with Crippen LogP contribution in [0, 0.1) is 20.8 Å². The van der Waals surface area contributed by atoms with Gasteiger partial charge in [0.25, 0.3) is 0 Å². The lowest BCUT2D eigenvalue weighted by Gasteiger charge is -2.08. The molecule has 0 aliphatic rings. The van der Waals surface area contributed by atoms with Crippen molar-refractivity contribution in [2.45, 2.75) is 33.7 Å². The number of aromatic nitrogens is 1. The predicted molar refractivity (Wildman–Crippen MR) is 80.5 cm³/mol. The standard InChI is InChI=1S/C17H20N2O/c1-13-6-9-19(10-7-13)11-8-17(20)18-16-5-4-14(2)12-15(16)3/h4-7,9-10,12H,8,11H2,1-3H3/p+1. The molecule has 1 N–H and O–H groups in total. The molecule has 0 spiro atoms. The van der Waals surface area contributed by atoms with Crippen molar-refractivity contribution in [3.8, 4) is 0 Å². The Labute approximate surface area is 120 Å². The Morgan fingerprint density at radius 3 is 2.40 bits per heavy atom. The van der Waals surface area contributed by atoms with E-state index in [9.17, 15) is 4.79 Å². The summed E-state index contributed by atoms with van der Waals surface area (Å²) in [4.78, 5) is 12.0. The van der Waals surface area contributed by atoms with Gasteiger partial charge in [-0.1, -0.05) is 17.7 Å². The number of hydrogen-bond acceptors (Lipinski definition) is 1. The first kappa shape index (κ1) is 14.3. The van der Waals surface area contributed by atoms with E-state index in [4.69, 9.17) is 0 Å². The van der Waals surface area contributed by atoms with Crippen LogP contribution < -0.4 is 9.88 Å². The van der Waals surface area contributed by atoms with Crippen molar-refractivity contribution >= 4 is 11.6 Å². The highest BCUT2D eigenvalue weighted by Crippen LogP contribution is 2.16. The highest BCUT2D eigenvalue weighted by atomic mass is 16.1. The van der Waals surface area contributed by atoms with Crippen LogP contribution in [0.3, 0.4) is 0 Å². The second kappa shape index (κ2) is 6.33. The van der Waals surface area contributed by atoms with Crippen LogP contribution in [0.5, 0.6) is 0 Å². The van der Waals surface area contributed by atoms with Crippen LogP contribution in [-0.2, 0) is 11.3 Å². The lowest BCUT2D eigenvalue weighted by atomic mass is 10.1. The van der Waals surface area contributed by atoms with Crippen molar-refractivity contribution in [3.63, 3.8) is 0 Å². The third-order valence-electron chi connectivity index (χ3n) is 3.31. The van der Waals surface area contributed by atoms with Crippen LogP contribution in [0.4, 0.5) is 5.69 Å². The number of hydrogen-bond donors (Lipinski definition) is 1. The van der Waals surface area contributed by atoms with Gasteiger partial charge in [-0.15, -0.1) is 0 Å². The second-order valence-corrected chi connectivity index (χ2v) is 5.23. The number of nitrogens with one attached hydrogen (secondary N) is 1. The van der Waals surface area contributed by atoms with Crippen molar-refractivity contribution in [2.24, 2.45) is 0 Å². The van der Waals surface area contributed by atoms with E-state index in [0.29, 0.717) is 13.0 Å². The van der Waals surface area contributed by atoms with E-state index < -0.39 is 0 Å². The largest absolute Gasteiger partial charge is 0.326 e. The number of carbonyl (C=O) groups is 1. The maximum atomic E-state index is 12.0. The molecule has 0 aliphatic carbocycles. The number of pyridine rings is 1. The van der Waals surface area contributed by atoms with Gasteiger partial charge in [0, 0.05) is 17.8 Å². The minimum atomic E-state index is 0.0463. The smallest absolute Gasteiger partial charge is 0.230 e. The minimum absolute atomic E-state index is 0.0463. The molecule has 1 aromatic heterocycles. The summed E-state index contributed by atoms with van der Waals surface area (Å²) in [7, 11) is 0. The Balaban J connectivity index is 1.90. The van der Waals surface area contributed by atoms with Crippen LogP contribution in [0.25, 0.3) is 0 Å². The van der Waals surface area contributed by atoms with Crippen molar-refractivity contribution in [3.05, 3.63) is 59.4 Å². The van der Waals surface area contributed by atoms with E-state index in [2.05, 4.69) is 18.3 Å². The highest BCUT2D eigenvalue weighted by Gasteiger charge is 2.08. The Morgan fingerprint density at radius 2 is 1.75 bits per heavy atom. The number of carbonyl (C=O) groups excluding carboxylic acids is 1. The van der Waals surface area contributed by atoms with Gasteiger partial charge in [0.2, 0.25) is 5.91 Å². The molecule has 3 nitrogen and oxygen atoms in total. The number of aryl methyl sites for hydroxylation is 4. The SMILES string of the molecule is Cc1cc[n+](CCC(=O)Nc2ccc(C)cc2C)cc1. The molecule has 2 rings (SSSR count). The van der Waals surface area contributed by atoms with Gasteiger partial charge in [-0.2, -0.15) is 0 Å². The fraction of sp³-hybridized carbons (Fsp3) is 0.294. The lowest BCUT2D eigenvalue weighted by molar-refractivity contribution is -0.695. The first-order valence-corrected chi connectivity index (χ1v) is 6.87. The highest BCUT2D eigenvalue weighted by molar-refractivity contribution is 5.91. The van der Waals surface area contributed by atoms with Crippen molar-refractivity contribution in [2.75, 3.05) is 5.32 Å². The molecule has 0 saturated heterocycles. The Hall–Kier alpha value is -2.16. The topological polar surface area (TPSA) is 33.0 Å². The average Bonchev–Trinajstić information content (AvgIpc) is 2.41. The molecule has 0 radical (unpaired) electrons. The molecule has 0 aliphatic heterocycles. The zero-order chi connectivity index (χ0) is 14.5. The number of rotatable bonds is 4. The molecule has 0 atom stereocenters. The molecule has 2 aromatic rings. The number of benzene rings is 1. The number of nitrogens with zero attached hydrogens (tertiary/aromatic N) is 1. The fourth-order valence-electron chi connectivity index (χ4n) is 2.08. The summed E-state index contributed by atoms with van der Waals surface area (Å²) >= 11 is 0. The Kier molecular flexibility index (Phi) is 4.51. The molecule has 1 amide bonds. The molecule has 20 heavy (non-hydrogen) atoms. The first-order chi connectivity index (χ1) is 9.54. The summed E-state index contributed by atoms with van der Waals surface area (Å²) in [6.07, 6.45) is 4.47. The van der Waals surface area contributed by atoms with Gasteiger partial charge in [0.15, 0.2) is 18.9 Å². The number of amides is 1. The maximum absolute atomic E-state index is 12.0. The van der Waals surface area contributed by atoms with Crippen molar-refractivity contribution < 1.29 is 9.36 Å². The van der Waals surface area contributed by atoms with E-state index in [0.717, 1.165) is 11.3 Å². The molecule has 0 bridgehead atoms. The summed E-state index contributed by atoms with van der Waals surface area (Å²) in [5.41, 5.74) is 4.42. The molecule has 1 heterocycles. The van der Waals surface area contributed by atoms with Gasteiger partial charge in [0.1, 0.15) is 0 Å². The summed E-state index contributed by atoms with van der Waals surface area (Å²) < 4.78 is 2.02. The van der Waals surface area contributed by atoms with Crippen LogP contribution in [0.1, 0.15) is 23.1 Å². The van der Waals surface area contributed by atoms with Gasteiger partial charge in [-0.3, -0.25) is 4.79 Å². The summed E-state index contributed by atoms with van der Waals surface area (Å²) in [6.45, 7) is 6.80. The van der Waals surface area contributed by atoms with Gasteiger partial charge >= 0.3 is 0 Å². The third kappa shape index (κ3) is 3.92. The average molecular weight is 269 g/mol. The molecule has 0 fully saturated rings. The molecular formula is C17H21N2O+. The summed E-state index contributed by atoms with van der Waals surface area (Å²) in [5, 5.41) is 2.97. The fourth-order valence-corrected chi connectivity index (χ4v) is 2.08. The molecule has 0 saturated carbocycles. The Morgan fingerprint density at radius 1 is 1.05 bits per heavy atom. The quantitative estimate of drug-likeness (QED) is 0.851. The van der Waals surface area contributed by atoms with E-state index in [1.807, 2.05) is 55.1 Å². The Bertz CT molecular complexity index is 603. The monoisotopic (exact) mass is 269 g/mol. The second-order valence-electron chi connectivity index (χ2n) is 5.23. The zero-order valence-electron chi connectivity index (χ0n) is 12.3. The first-order valence-electron chi connectivity index (χ1n) is 6.87. The summed E-state index contributed by atoms with van der Waals surface area (Å²) in [6, 6.07) is 10.1. The molecular weight excluding hydrogens is 248 g/mol. The molecule has 0 unspecified atom stereocenters. The van der Waals surface area contributed by atoms with Gasteiger partial charge < -0.3 is 5.32 Å². The van der Waals surface area contributed by atoms with Crippen molar-refractivity contribution in [1.29, 1.82) is 0 Å². The predicted octanol–water partition coefficient (Wildman–Crippen LogP) is 2.93. The van der Waals surface area contributed by atoms with E-state index in [-0.39, 0.29) is 5.91 Å². The van der Waals surface area contributed by atoms with Crippen LogP contribution in [-0.4, -0.2) is 5.91 Å². The normalized spacial score (nSPS) is 10.3. The maximum Gasteiger partial charge on any atom is 0.230 e. The third-order valence-corrected chi connectivity index (χ3v) is 3.31. The molecule has 1 aromatic carbocycles. The van der Waals surface area contributed by atoms with Crippen molar-refractivity contribution in [1.82, 2.24) is 0 Å². The van der Waals surface area contributed by atoms with Gasteiger partial charge in [-0.05, 0) is 38.0 Å². The van der Waals surface area contributed by atoms with E-state index in [1.165, 1.54) is 11.1 Å². The zero-order valence-corrected chi connectivity index (χ0v) is 12.3. The molecule has 3 heteroatoms. The van der Waals surface area contributed by atoms with E-state index in [1.54, 1.807) is 0 Å². The lowest BCUT2D eigenvalue weighted by Crippen LogP contribution is -2.34. The van der Waals surface area contributed by atoms with E-state index >= 15 is 0 Å². The van der Waals surface area contributed by atoms with Crippen LogP contribution in [0.15, 0.2) is 42.7 Å².